The Morgan fingerprint density at radius 1 is 1.04 bits per heavy atom. The van der Waals surface area contributed by atoms with E-state index in [1.165, 1.54) is 12.2 Å². The van der Waals surface area contributed by atoms with Crippen molar-refractivity contribution in [3.8, 4) is 0 Å². The zero-order chi connectivity index (χ0) is 17.4. The number of thiophene rings is 1. The summed E-state index contributed by atoms with van der Waals surface area (Å²) < 4.78 is 0. The highest BCUT2D eigenvalue weighted by molar-refractivity contribution is 7.09. The van der Waals surface area contributed by atoms with E-state index in [0.717, 1.165) is 4.88 Å². The van der Waals surface area contributed by atoms with Crippen molar-refractivity contribution in [1.82, 2.24) is 4.90 Å². The molecule has 1 spiro atoms. The van der Waals surface area contributed by atoms with E-state index in [1.54, 1.807) is 52.7 Å². The SMILES string of the molecule is O=C1C=CC2(C=C1)[C@@H](C(=O)c1ccccc1)C(=O)N2Cc1cccs1. The predicted molar refractivity (Wildman–Crippen MR) is 95.1 cm³/mol. The summed E-state index contributed by atoms with van der Waals surface area (Å²) >= 11 is 1.56. The van der Waals surface area contributed by atoms with E-state index in [2.05, 4.69) is 0 Å². The van der Waals surface area contributed by atoms with Gasteiger partial charge in [-0.25, -0.2) is 0 Å². The molecule has 1 aromatic heterocycles. The molecule has 1 saturated heterocycles. The highest BCUT2D eigenvalue weighted by Gasteiger charge is 2.61. The number of benzene rings is 1. The molecule has 0 saturated carbocycles. The maximum absolute atomic E-state index is 12.9. The number of β-lactam (4-membered cyclic amide) rings is 1. The zero-order valence-electron chi connectivity index (χ0n) is 13.3. The average Bonchev–Trinajstić information content (AvgIpc) is 3.16. The molecule has 2 heterocycles. The quantitative estimate of drug-likeness (QED) is 0.484. The fourth-order valence-electron chi connectivity index (χ4n) is 3.41. The molecule has 4 rings (SSSR count). The van der Waals surface area contributed by atoms with E-state index in [0.29, 0.717) is 12.1 Å². The summed E-state index contributed by atoms with van der Waals surface area (Å²) in [6.45, 7) is 0.429. The molecule has 0 unspecified atom stereocenters. The molecule has 1 aliphatic carbocycles. The Labute approximate surface area is 149 Å². The van der Waals surface area contributed by atoms with E-state index in [1.807, 2.05) is 23.6 Å². The van der Waals surface area contributed by atoms with Crippen molar-refractivity contribution in [2.45, 2.75) is 12.1 Å². The second-order valence-electron chi connectivity index (χ2n) is 6.12. The van der Waals surface area contributed by atoms with Crippen LogP contribution in [0.1, 0.15) is 15.2 Å². The van der Waals surface area contributed by atoms with E-state index >= 15 is 0 Å². The Kier molecular flexibility index (Phi) is 3.73. The first kappa shape index (κ1) is 15.7. The fraction of sp³-hybridized carbons (Fsp3) is 0.150. The van der Waals surface area contributed by atoms with Crippen LogP contribution in [0.2, 0.25) is 0 Å². The van der Waals surface area contributed by atoms with Gasteiger partial charge in [0.25, 0.3) is 0 Å². The first-order valence-electron chi connectivity index (χ1n) is 7.97. The molecule has 5 heteroatoms. The lowest BCUT2D eigenvalue weighted by atomic mass is 9.67. The summed E-state index contributed by atoms with van der Waals surface area (Å²) in [7, 11) is 0. The minimum atomic E-state index is -0.859. The molecule has 0 N–H and O–H groups in total. The second kappa shape index (κ2) is 5.93. The van der Waals surface area contributed by atoms with Gasteiger partial charge in [0, 0.05) is 10.4 Å². The summed E-state index contributed by atoms with van der Waals surface area (Å²) in [5, 5.41) is 1.95. The van der Waals surface area contributed by atoms with Gasteiger partial charge in [0.15, 0.2) is 11.6 Å². The minimum Gasteiger partial charge on any atom is -0.323 e. The minimum absolute atomic E-state index is 0.132. The maximum atomic E-state index is 12.9. The Morgan fingerprint density at radius 3 is 2.40 bits per heavy atom. The van der Waals surface area contributed by atoms with Crippen LogP contribution in [0.5, 0.6) is 0 Å². The molecular weight excluding hydrogens is 334 g/mol. The number of amides is 1. The standard InChI is InChI=1S/C20H15NO3S/c22-15-8-10-20(11-9-15)17(18(23)14-5-2-1-3-6-14)19(24)21(20)13-16-7-4-12-25-16/h1-12,17H,13H2/t17-/m0/s1. The third-order valence-electron chi connectivity index (χ3n) is 4.69. The summed E-state index contributed by atoms with van der Waals surface area (Å²) in [4.78, 5) is 40.0. The third-order valence-corrected chi connectivity index (χ3v) is 5.55. The molecule has 1 aliphatic heterocycles. The Bertz CT molecular complexity index is 880. The van der Waals surface area contributed by atoms with Crippen LogP contribution in [-0.4, -0.2) is 27.9 Å². The zero-order valence-corrected chi connectivity index (χ0v) is 14.1. The highest BCUT2D eigenvalue weighted by Crippen LogP contribution is 2.45. The number of carbonyl (C=O) groups excluding carboxylic acids is 3. The lowest BCUT2D eigenvalue weighted by molar-refractivity contribution is -0.157. The van der Waals surface area contributed by atoms with Crippen LogP contribution in [0.15, 0.2) is 72.1 Å². The molecule has 1 aromatic carbocycles. The van der Waals surface area contributed by atoms with Crippen molar-refractivity contribution in [1.29, 1.82) is 0 Å². The molecule has 25 heavy (non-hydrogen) atoms. The van der Waals surface area contributed by atoms with Crippen molar-refractivity contribution in [3.63, 3.8) is 0 Å². The van der Waals surface area contributed by atoms with Gasteiger partial charge in [-0.2, -0.15) is 0 Å². The van der Waals surface area contributed by atoms with Gasteiger partial charge in [-0.3, -0.25) is 14.4 Å². The van der Waals surface area contributed by atoms with Crippen LogP contribution in [0.4, 0.5) is 0 Å². The van der Waals surface area contributed by atoms with Gasteiger partial charge < -0.3 is 4.90 Å². The van der Waals surface area contributed by atoms with Crippen LogP contribution in [0.3, 0.4) is 0 Å². The summed E-state index contributed by atoms with van der Waals surface area (Å²) in [5.74, 6) is -1.37. The van der Waals surface area contributed by atoms with E-state index in [4.69, 9.17) is 0 Å². The van der Waals surface area contributed by atoms with Crippen molar-refractivity contribution in [2.75, 3.05) is 0 Å². The first-order valence-corrected chi connectivity index (χ1v) is 8.85. The Morgan fingerprint density at radius 2 is 1.76 bits per heavy atom. The smallest absolute Gasteiger partial charge is 0.237 e. The van der Waals surface area contributed by atoms with E-state index < -0.39 is 11.5 Å². The third kappa shape index (κ3) is 2.48. The number of nitrogens with zero attached hydrogens (tertiary/aromatic N) is 1. The lowest BCUT2D eigenvalue weighted by Gasteiger charge is -2.54. The highest BCUT2D eigenvalue weighted by atomic mass is 32.1. The lowest BCUT2D eigenvalue weighted by Crippen LogP contribution is -2.71. The normalized spacial score (nSPS) is 20.8. The van der Waals surface area contributed by atoms with E-state index in [9.17, 15) is 14.4 Å². The number of allylic oxidation sites excluding steroid dienone is 2. The largest absolute Gasteiger partial charge is 0.323 e. The van der Waals surface area contributed by atoms with Crippen LogP contribution >= 0.6 is 11.3 Å². The predicted octanol–water partition coefficient (Wildman–Crippen LogP) is 3.02. The molecule has 2 aliphatic rings. The molecule has 124 valence electrons. The van der Waals surface area contributed by atoms with Crippen molar-refractivity contribution in [2.24, 2.45) is 5.92 Å². The monoisotopic (exact) mass is 349 g/mol. The molecule has 2 aromatic rings. The summed E-state index contributed by atoms with van der Waals surface area (Å²) in [6, 6.07) is 12.7. The maximum Gasteiger partial charge on any atom is 0.237 e. The molecular formula is C20H15NO3S. The van der Waals surface area contributed by atoms with Gasteiger partial charge in [-0.05, 0) is 35.8 Å². The van der Waals surface area contributed by atoms with Crippen LogP contribution in [0.25, 0.3) is 0 Å². The molecule has 1 atom stereocenters. The average molecular weight is 349 g/mol. The Hall–Kier alpha value is -2.79. The number of hydrogen-bond acceptors (Lipinski definition) is 4. The number of ketones is 2. The fourth-order valence-corrected chi connectivity index (χ4v) is 4.11. The summed E-state index contributed by atoms with van der Waals surface area (Å²) in [5.41, 5.74) is -0.350. The number of rotatable bonds is 4. The molecule has 0 radical (unpaired) electrons. The van der Waals surface area contributed by atoms with Crippen LogP contribution in [-0.2, 0) is 16.1 Å². The van der Waals surface area contributed by atoms with Gasteiger partial charge >= 0.3 is 0 Å². The van der Waals surface area contributed by atoms with Crippen molar-refractivity contribution in [3.05, 3.63) is 82.6 Å². The van der Waals surface area contributed by atoms with Crippen LogP contribution in [0, 0.1) is 5.92 Å². The molecule has 1 fully saturated rings. The van der Waals surface area contributed by atoms with Crippen LogP contribution < -0.4 is 0 Å². The van der Waals surface area contributed by atoms with Crippen molar-refractivity contribution >= 4 is 28.8 Å². The van der Waals surface area contributed by atoms with Gasteiger partial charge in [-0.1, -0.05) is 36.4 Å². The second-order valence-corrected chi connectivity index (χ2v) is 7.16. The number of Topliss-reactive ketones (excluding diaryl/α,β-unsaturated/α-hetero) is 1. The summed E-state index contributed by atoms with van der Waals surface area (Å²) in [6.07, 6.45) is 6.27. The number of hydrogen-bond donors (Lipinski definition) is 0. The molecule has 0 bridgehead atoms. The Balaban J connectivity index is 1.71. The van der Waals surface area contributed by atoms with Gasteiger partial charge in [0.05, 0.1) is 12.1 Å². The number of likely N-dealkylation sites (tertiary alicyclic amines) is 1. The van der Waals surface area contributed by atoms with Gasteiger partial charge in [-0.15, -0.1) is 11.3 Å². The topological polar surface area (TPSA) is 54.5 Å². The van der Waals surface area contributed by atoms with E-state index in [-0.39, 0.29) is 17.5 Å². The van der Waals surface area contributed by atoms with Gasteiger partial charge in [0.1, 0.15) is 5.92 Å². The first-order chi connectivity index (χ1) is 12.1. The number of carbonyl (C=O) groups is 3. The van der Waals surface area contributed by atoms with Crippen molar-refractivity contribution < 1.29 is 14.4 Å². The van der Waals surface area contributed by atoms with Gasteiger partial charge in [0.2, 0.25) is 5.91 Å². The molecule has 4 nitrogen and oxygen atoms in total. The molecule has 1 amide bonds.